The van der Waals surface area contributed by atoms with Gasteiger partial charge in [-0.25, -0.2) is 4.98 Å². The van der Waals surface area contributed by atoms with E-state index in [0.717, 1.165) is 16.5 Å². The van der Waals surface area contributed by atoms with Gasteiger partial charge in [-0.05, 0) is 67.2 Å². The fourth-order valence-electron chi connectivity index (χ4n) is 5.13. The van der Waals surface area contributed by atoms with E-state index in [-0.39, 0.29) is 5.28 Å². The highest BCUT2D eigenvalue weighted by Gasteiger charge is 2.13. The van der Waals surface area contributed by atoms with Gasteiger partial charge >= 0.3 is 0 Å². The lowest BCUT2D eigenvalue weighted by Crippen LogP contribution is -1.97. The number of nitrogens with zero attached hydrogens (tertiary/aromatic N) is 3. The molecule has 37 heavy (non-hydrogen) atoms. The Bertz CT molecular complexity index is 1950. The summed E-state index contributed by atoms with van der Waals surface area (Å²) < 4.78 is 0. The molecule has 3 nitrogen and oxygen atoms in total. The van der Waals surface area contributed by atoms with Crippen LogP contribution in [-0.2, 0) is 0 Å². The Kier molecular flexibility index (Phi) is 5.16. The minimum absolute atomic E-state index is 0.181. The van der Waals surface area contributed by atoms with Crippen molar-refractivity contribution < 1.29 is 0 Å². The van der Waals surface area contributed by atoms with E-state index in [2.05, 4.69) is 101 Å². The molecule has 0 unspecified atom stereocenters. The van der Waals surface area contributed by atoms with Gasteiger partial charge in [0, 0.05) is 11.1 Å². The first-order chi connectivity index (χ1) is 18.2. The van der Waals surface area contributed by atoms with Crippen LogP contribution in [0, 0.1) is 0 Å². The van der Waals surface area contributed by atoms with Gasteiger partial charge in [-0.1, -0.05) is 109 Å². The zero-order valence-electron chi connectivity index (χ0n) is 19.8. The summed E-state index contributed by atoms with van der Waals surface area (Å²) >= 11 is 6.31. The molecule has 1 aromatic heterocycles. The maximum Gasteiger partial charge on any atom is 0.226 e. The predicted octanol–water partition coefficient (Wildman–Crippen LogP) is 8.99. The van der Waals surface area contributed by atoms with Crippen LogP contribution >= 0.6 is 11.6 Å². The number of hydrogen-bond acceptors (Lipinski definition) is 3. The van der Waals surface area contributed by atoms with Gasteiger partial charge < -0.3 is 0 Å². The average molecular weight is 494 g/mol. The predicted molar refractivity (Wildman–Crippen MR) is 154 cm³/mol. The van der Waals surface area contributed by atoms with Crippen molar-refractivity contribution in [2.24, 2.45) is 0 Å². The highest BCUT2D eigenvalue weighted by Crippen LogP contribution is 2.38. The number of rotatable bonds is 3. The molecule has 0 aliphatic heterocycles. The van der Waals surface area contributed by atoms with Gasteiger partial charge in [0.15, 0.2) is 11.6 Å². The van der Waals surface area contributed by atoms with Crippen molar-refractivity contribution >= 4 is 43.9 Å². The van der Waals surface area contributed by atoms with E-state index in [4.69, 9.17) is 16.6 Å². The molecule has 7 aromatic rings. The van der Waals surface area contributed by atoms with Crippen molar-refractivity contribution in [1.29, 1.82) is 0 Å². The molecule has 6 aromatic carbocycles. The van der Waals surface area contributed by atoms with Crippen LogP contribution in [0.5, 0.6) is 0 Å². The third kappa shape index (κ3) is 3.81. The molecule has 0 N–H and O–H groups in total. The molecule has 0 atom stereocenters. The van der Waals surface area contributed by atoms with Crippen LogP contribution in [-0.4, -0.2) is 15.0 Å². The van der Waals surface area contributed by atoms with Gasteiger partial charge in [0.25, 0.3) is 0 Å². The molecule has 4 heteroatoms. The van der Waals surface area contributed by atoms with E-state index in [9.17, 15) is 0 Å². The Hall–Kier alpha value is -4.60. The molecule has 0 bridgehead atoms. The number of hydrogen-bond donors (Lipinski definition) is 0. The van der Waals surface area contributed by atoms with E-state index in [0.29, 0.717) is 11.6 Å². The summed E-state index contributed by atoms with van der Waals surface area (Å²) in [5.41, 5.74) is 4.22. The molecule has 0 fully saturated rings. The summed E-state index contributed by atoms with van der Waals surface area (Å²) in [5.74, 6) is 1.12. The van der Waals surface area contributed by atoms with Crippen LogP contribution < -0.4 is 0 Å². The summed E-state index contributed by atoms with van der Waals surface area (Å²) in [6, 6.07) is 42.1. The molecule has 0 amide bonds. The van der Waals surface area contributed by atoms with Crippen LogP contribution in [0.3, 0.4) is 0 Å². The fraction of sp³-hybridized carbons (Fsp3) is 0. The Balaban J connectivity index is 1.41. The van der Waals surface area contributed by atoms with Gasteiger partial charge in [-0.2, -0.15) is 9.97 Å². The molecule has 0 aliphatic carbocycles. The van der Waals surface area contributed by atoms with Crippen LogP contribution in [0.4, 0.5) is 0 Å². The standard InChI is InChI=1S/C33H20ClN3/c34-33-36-31(21-9-2-1-3-10-21)35-32(37-33)24-17-18-26-22(19-24)12-8-16-28(26)30-20-23-11-4-5-13-25(23)27-14-6-7-15-29(27)30/h1-20H. The molecular formula is C33H20ClN3. The van der Waals surface area contributed by atoms with Crippen molar-refractivity contribution in [2.45, 2.75) is 0 Å². The van der Waals surface area contributed by atoms with Crippen LogP contribution in [0.1, 0.15) is 0 Å². The van der Waals surface area contributed by atoms with Crippen LogP contribution in [0.15, 0.2) is 121 Å². The van der Waals surface area contributed by atoms with Crippen molar-refractivity contribution in [2.75, 3.05) is 0 Å². The van der Waals surface area contributed by atoms with Crippen LogP contribution in [0.2, 0.25) is 5.28 Å². The van der Waals surface area contributed by atoms with E-state index in [1.54, 1.807) is 0 Å². The van der Waals surface area contributed by atoms with E-state index in [1.807, 2.05) is 30.3 Å². The maximum absolute atomic E-state index is 6.31. The van der Waals surface area contributed by atoms with Gasteiger partial charge in [-0.15, -0.1) is 0 Å². The zero-order chi connectivity index (χ0) is 24.8. The second-order valence-corrected chi connectivity index (χ2v) is 9.39. The highest BCUT2D eigenvalue weighted by molar-refractivity contribution is 6.28. The normalized spacial score (nSPS) is 11.4. The molecule has 7 rings (SSSR count). The van der Waals surface area contributed by atoms with E-state index >= 15 is 0 Å². The van der Waals surface area contributed by atoms with E-state index < -0.39 is 0 Å². The second kappa shape index (κ2) is 8.81. The number of benzene rings is 6. The third-order valence-corrected chi connectivity index (χ3v) is 7.01. The molecule has 0 radical (unpaired) electrons. The summed E-state index contributed by atoms with van der Waals surface area (Å²) in [4.78, 5) is 13.5. The minimum atomic E-state index is 0.181. The lowest BCUT2D eigenvalue weighted by atomic mass is 9.90. The third-order valence-electron chi connectivity index (χ3n) is 6.84. The molecule has 174 valence electrons. The number of fused-ring (bicyclic) bond motifs is 4. The Morgan fingerprint density at radius 2 is 1.05 bits per heavy atom. The van der Waals surface area contributed by atoms with Crippen molar-refractivity contribution in [3.05, 3.63) is 127 Å². The average Bonchev–Trinajstić information content (AvgIpc) is 2.96. The number of halogens is 1. The van der Waals surface area contributed by atoms with Crippen molar-refractivity contribution in [1.82, 2.24) is 15.0 Å². The first kappa shape index (κ1) is 21.7. The smallest absolute Gasteiger partial charge is 0.208 e. The summed E-state index contributed by atoms with van der Waals surface area (Å²) in [5, 5.41) is 7.48. The minimum Gasteiger partial charge on any atom is -0.208 e. The fourth-order valence-corrected chi connectivity index (χ4v) is 5.29. The first-order valence-corrected chi connectivity index (χ1v) is 12.5. The maximum atomic E-state index is 6.31. The Morgan fingerprint density at radius 1 is 0.405 bits per heavy atom. The Labute approximate surface area is 219 Å². The Morgan fingerprint density at radius 3 is 1.89 bits per heavy atom. The lowest BCUT2D eigenvalue weighted by molar-refractivity contribution is 1.07. The topological polar surface area (TPSA) is 38.7 Å². The quantitative estimate of drug-likeness (QED) is 0.230. The summed E-state index contributed by atoms with van der Waals surface area (Å²) in [7, 11) is 0. The highest BCUT2D eigenvalue weighted by atomic mass is 35.5. The van der Waals surface area contributed by atoms with Gasteiger partial charge in [-0.3, -0.25) is 0 Å². The zero-order valence-corrected chi connectivity index (χ0v) is 20.5. The van der Waals surface area contributed by atoms with E-state index in [1.165, 1.54) is 38.1 Å². The van der Waals surface area contributed by atoms with Crippen LogP contribution in [0.25, 0.3) is 66.2 Å². The monoisotopic (exact) mass is 493 g/mol. The molecule has 0 saturated heterocycles. The van der Waals surface area contributed by atoms with Crippen molar-refractivity contribution in [3.63, 3.8) is 0 Å². The van der Waals surface area contributed by atoms with Gasteiger partial charge in [0.05, 0.1) is 0 Å². The molecular weight excluding hydrogens is 474 g/mol. The molecule has 1 heterocycles. The molecule has 0 saturated carbocycles. The lowest BCUT2D eigenvalue weighted by Gasteiger charge is -2.14. The summed E-state index contributed by atoms with van der Waals surface area (Å²) in [6.07, 6.45) is 0. The summed E-state index contributed by atoms with van der Waals surface area (Å²) in [6.45, 7) is 0. The van der Waals surface area contributed by atoms with Gasteiger partial charge in [0.2, 0.25) is 5.28 Å². The van der Waals surface area contributed by atoms with Gasteiger partial charge in [0.1, 0.15) is 0 Å². The molecule has 0 aliphatic rings. The largest absolute Gasteiger partial charge is 0.226 e. The SMILES string of the molecule is Clc1nc(-c2ccccc2)nc(-c2ccc3c(-c4cc5ccccc5c5ccccc45)cccc3c2)n1. The number of aromatic nitrogens is 3. The first-order valence-electron chi connectivity index (χ1n) is 12.2. The second-order valence-electron chi connectivity index (χ2n) is 9.05. The van der Waals surface area contributed by atoms with Crippen molar-refractivity contribution in [3.8, 4) is 33.9 Å². The molecule has 0 spiro atoms.